The number of hydrogen-bond acceptors (Lipinski definition) is 6. The fourth-order valence-electron chi connectivity index (χ4n) is 4.18. The number of ether oxygens (including phenoxy) is 1. The van der Waals surface area contributed by atoms with Crippen LogP contribution >= 0.6 is 11.6 Å². The number of aromatic nitrogens is 1. The molecular formula is C22H20ClN3O4. The van der Waals surface area contributed by atoms with Gasteiger partial charge >= 0.3 is 0 Å². The van der Waals surface area contributed by atoms with Crippen molar-refractivity contribution in [2.75, 3.05) is 39.4 Å². The average Bonchev–Trinajstić information content (AvgIpc) is 3.06. The number of halogens is 1. The molecule has 5 rings (SSSR count). The summed E-state index contributed by atoms with van der Waals surface area (Å²) < 4.78 is 11.3. The van der Waals surface area contributed by atoms with Gasteiger partial charge in [0.25, 0.3) is 5.91 Å². The monoisotopic (exact) mass is 425 g/mol. The lowest BCUT2D eigenvalue weighted by atomic mass is 10.00. The predicted molar refractivity (Wildman–Crippen MR) is 112 cm³/mol. The zero-order valence-corrected chi connectivity index (χ0v) is 17.0. The Kier molecular flexibility index (Phi) is 5.02. The Bertz CT molecular complexity index is 1160. The molecule has 30 heavy (non-hydrogen) atoms. The number of nitrogens with zero attached hydrogens (tertiary/aromatic N) is 3. The highest BCUT2D eigenvalue weighted by Crippen LogP contribution is 2.37. The largest absolute Gasteiger partial charge is 0.450 e. The van der Waals surface area contributed by atoms with Gasteiger partial charge in [0.15, 0.2) is 5.43 Å². The number of hydrogen-bond donors (Lipinski definition) is 0. The first kappa shape index (κ1) is 19.2. The number of rotatable bonds is 4. The van der Waals surface area contributed by atoms with Crippen molar-refractivity contribution in [3.63, 3.8) is 0 Å². The van der Waals surface area contributed by atoms with Crippen molar-refractivity contribution in [3.05, 3.63) is 74.9 Å². The smallest absolute Gasteiger partial charge is 0.290 e. The molecule has 2 aromatic heterocycles. The molecule has 1 amide bonds. The molecule has 2 aliphatic heterocycles. The number of amides is 1. The highest BCUT2D eigenvalue weighted by Gasteiger charge is 2.42. The van der Waals surface area contributed by atoms with Crippen LogP contribution in [0.5, 0.6) is 0 Å². The second-order valence-electron chi connectivity index (χ2n) is 7.46. The summed E-state index contributed by atoms with van der Waals surface area (Å²) in [5.74, 6) is -0.174. The molecule has 8 heteroatoms. The summed E-state index contributed by atoms with van der Waals surface area (Å²) in [7, 11) is 0. The Labute approximate surface area is 177 Å². The highest BCUT2D eigenvalue weighted by molar-refractivity contribution is 6.31. The summed E-state index contributed by atoms with van der Waals surface area (Å²) in [5, 5.41) is 0.819. The van der Waals surface area contributed by atoms with Gasteiger partial charge in [-0.25, -0.2) is 0 Å². The van der Waals surface area contributed by atoms with E-state index in [9.17, 15) is 9.59 Å². The van der Waals surface area contributed by atoms with E-state index < -0.39 is 6.04 Å². The number of fused-ring (bicyclic) bond motifs is 2. The van der Waals surface area contributed by atoms with Crippen molar-refractivity contribution >= 4 is 28.5 Å². The van der Waals surface area contributed by atoms with Crippen LogP contribution in [0.3, 0.4) is 0 Å². The number of pyridine rings is 1. The zero-order valence-electron chi connectivity index (χ0n) is 16.2. The molecule has 1 atom stereocenters. The van der Waals surface area contributed by atoms with Crippen LogP contribution in [0.15, 0.2) is 51.9 Å². The van der Waals surface area contributed by atoms with E-state index in [1.165, 1.54) is 0 Å². The van der Waals surface area contributed by atoms with E-state index in [0.717, 1.165) is 18.7 Å². The average molecular weight is 426 g/mol. The van der Waals surface area contributed by atoms with Gasteiger partial charge in [-0.3, -0.25) is 19.5 Å². The van der Waals surface area contributed by atoms with Gasteiger partial charge in [-0.15, -0.1) is 0 Å². The van der Waals surface area contributed by atoms with Gasteiger partial charge in [-0.2, -0.15) is 0 Å². The van der Waals surface area contributed by atoms with Crippen LogP contribution < -0.4 is 5.43 Å². The van der Waals surface area contributed by atoms with Gasteiger partial charge < -0.3 is 14.1 Å². The maximum atomic E-state index is 13.4. The number of benzene rings is 1. The zero-order chi connectivity index (χ0) is 20.7. The van der Waals surface area contributed by atoms with Gasteiger partial charge in [-0.1, -0.05) is 17.7 Å². The van der Waals surface area contributed by atoms with Crippen molar-refractivity contribution in [2.24, 2.45) is 0 Å². The maximum absolute atomic E-state index is 13.4. The predicted octanol–water partition coefficient (Wildman–Crippen LogP) is 2.72. The summed E-state index contributed by atoms with van der Waals surface area (Å²) in [6.45, 7) is 4.19. The lowest BCUT2D eigenvalue weighted by Gasteiger charge is -2.30. The molecule has 0 saturated carbocycles. The first-order chi connectivity index (χ1) is 14.6. The third-order valence-electron chi connectivity index (χ3n) is 5.69. The first-order valence-corrected chi connectivity index (χ1v) is 10.3. The number of carbonyl (C=O) groups excluding carboxylic acids is 1. The lowest BCUT2D eigenvalue weighted by molar-refractivity contribution is 0.0314. The van der Waals surface area contributed by atoms with E-state index in [4.69, 9.17) is 20.8 Å². The van der Waals surface area contributed by atoms with Crippen molar-refractivity contribution in [2.45, 2.75) is 6.04 Å². The molecular weight excluding hydrogens is 406 g/mol. The van der Waals surface area contributed by atoms with Gasteiger partial charge in [0.1, 0.15) is 5.58 Å². The van der Waals surface area contributed by atoms with Crippen molar-refractivity contribution in [1.82, 2.24) is 14.8 Å². The quantitative estimate of drug-likeness (QED) is 0.639. The van der Waals surface area contributed by atoms with E-state index in [1.54, 1.807) is 41.6 Å². The van der Waals surface area contributed by atoms with Crippen molar-refractivity contribution in [3.8, 4) is 0 Å². The highest BCUT2D eigenvalue weighted by atomic mass is 35.5. The molecule has 0 aliphatic carbocycles. The molecule has 2 aliphatic rings. The van der Waals surface area contributed by atoms with E-state index in [0.29, 0.717) is 47.9 Å². The fraction of sp³-hybridized carbons (Fsp3) is 0.318. The van der Waals surface area contributed by atoms with E-state index in [-0.39, 0.29) is 17.1 Å². The van der Waals surface area contributed by atoms with Crippen LogP contribution in [0.25, 0.3) is 11.0 Å². The van der Waals surface area contributed by atoms with E-state index >= 15 is 0 Å². The SMILES string of the molecule is O=C1c2oc3ccc(Cl)cc3c(=O)c2C(c2cccnc2)N1CCN1CCOCC1. The Balaban J connectivity index is 1.60. The van der Waals surface area contributed by atoms with E-state index in [2.05, 4.69) is 9.88 Å². The van der Waals surface area contributed by atoms with Crippen LogP contribution in [-0.4, -0.2) is 60.1 Å². The molecule has 1 saturated heterocycles. The Morgan fingerprint density at radius 3 is 2.73 bits per heavy atom. The Morgan fingerprint density at radius 1 is 1.13 bits per heavy atom. The Hall–Kier alpha value is -2.74. The molecule has 0 bridgehead atoms. The lowest BCUT2D eigenvalue weighted by Crippen LogP contribution is -2.42. The van der Waals surface area contributed by atoms with Crippen molar-refractivity contribution in [1.29, 1.82) is 0 Å². The molecule has 154 valence electrons. The van der Waals surface area contributed by atoms with Crippen LogP contribution in [0.1, 0.15) is 27.7 Å². The standard InChI is InChI=1S/C22H20ClN3O4/c23-15-3-4-17-16(12-15)20(27)18-19(14-2-1-5-24-13-14)26(22(28)21(18)30-17)7-6-25-8-10-29-11-9-25/h1-5,12-13,19H,6-11H2. The minimum atomic E-state index is -0.540. The molecule has 4 heterocycles. The van der Waals surface area contributed by atoms with Gasteiger partial charge in [0.05, 0.1) is 30.2 Å². The van der Waals surface area contributed by atoms with Crippen LogP contribution in [0.2, 0.25) is 5.02 Å². The summed E-state index contributed by atoms with van der Waals surface area (Å²) in [5.41, 5.74) is 1.26. The van der Waals surface area contributed by atoms with Crippen LogP contribution in [-0.2, 0) is 4.74 Å². The van der Waals surface area contributed by atoms with Crippen molar-refractivity contribution < 1.29 is 13.9 Å². The summed E-state index contributed by atoms with van der Waals surface area (Å²) in [6.07, 6.45) is 3.36. The first-order valence-electron chi connectivity index (χ1n) is 9.91. The second-order valence-corrected chi connectivity index (χ2v) is 7.89. The van der Waals surface area contributed by atoms with E-state index in [1.807, 2.05) is 6.07 Å². The minimum absolute atomic E-state index is 0.102. The van der Waals surface area contributed by atoms with Gasteiger partial charge in [0.2, 0.25) is 5.76 Å². The minimum Gasteiger partial charge on any atom is -0.450 e. The van der Waals surface area contributed by atoms with Crippen LogP contribution in [0, 0.1) is 0 Å². The molecule has 1 fully saturated rings. The summed E-state index contributed by atoms with van der Waals surface area (Å²) in [4.78, 5) is 34.9. The van der Waals surface area contributed by atoms with Gasteiger partial charge in [0, 0.05) is 43.6 Å². The molecule has 1 unspecified atom stereocenters. The molecule has 0 radical (unpaired) electrons. The summed E-state index contributed by atoms with van der Waals surface area (Å²) in [6, 6.07) is 8.00. The topological polar surface area (TPSA) is 75.9 Å². The molecule has 0 N–H and O–H groups in total. The Morgan fingerprint density at radius 2 is 1.97 bits per heavy atom. The molecule has 0 spiro atoms. The van der Waals surface area contributed by atoms with Crippen LogP contribution in [0.4, 0.5) is 0 Å². The molecule has 1 aromatic carbocycles. The van der Waals surface area contributed by atoms with Gasteiger partial charge in [-0.05, 0) is 29.8 Å². The second kappa shape index (κ2) is 7.83. The third-order valence-corrected chi connectivity index (χ3v) is 5.92. The number of morpholine rings is 1. The maximum Gasteiger partial charge on any atom is 0.290 e. The number of carbonyl (C=O) groups is 1. The third kappa shape index (κ3) is 3.29. The molecule has 7 nitrogen and oxygen atoms in total. The fourth-order valence-corrected chi connectivity index (χ4v) is 4.35. The normalized spacial score (nSPS) is 19.4. The molecule has 3 aromatic rings. The summed E-state index contributed by atoms with van der Waals surface area (Å²) >= 11 is 6.10.